The smallest absolute Gasteiger partial charge is 0.339 e. The fraction of sp³-hybridized carbons (Fsp3) is 0.250. The molecule has 0 saturated heterocycles. The molecule has 0 spiro atoms. The van der Waals surface area contributed by atoms with Crippen LogP contribution in [0.2, 0.25) is 10.0 Å². The van der Waals surface area contributed by atoms with Crippen molar-refractivity contribution in [3.05, 3.63) is 73.1 Å². The lowest BCUT2D eigenvalue weighted by Gasteiger charge is -2.27. The molecular weight excluding hydrogens is 373 g/mol. The second kappa shape index (κ2) is 6.62. The average Bonchev–Trinajstić information content (AvgIpc) is 2.63. The summed E-state index contributed by atoms with van der Waals surface area (Å²) in [6.45, 7) is 5.50. The van der Waals surface area contributed by atoms with E-state index >= 15 is 0 Å². The fourth-order valence-electron chi connectivity index (χ4n) is 3.40. The number of hydrogen-bond donors (Lipinski definition) is 1. The van der Waals surface area contributed by atoms with Gasteiger partial charge in [-0.25, -0.2) is 4.79 Å². The Morgan fingerprint density at radius 2 is 1.88 bits per heavy atom. The number of aryl methyl sites for hydroxylation is 1. The van der Waals surface area contributed by atoms with Crippen LogP contribution in [-0.2, 0) is 13.1 Å². The molecule has 1 atom stereocenters. The van der Waals surface area contributed by atoms with Crippen molar-refractivity contribution in [2.75, 3.05) is 6.73 Å². The summed E-state index contributed by atoms with van der Waals surface area (Å²) in [5.41, 5.74) is 3.62. The first-order chi connectivity index (χ1) is 12.5. The first kappa shape index (κ1) is 17.4. The Labute approximate surface area is 160 Å². The quantitative estimate of drug-likeness (QED) is 0.679. The molecule has 134 valence electrons. The molecule has 1 unspecified atom stereocenters. The van der Waals surface area contributed by atoms with E-state index < -0.39 is 0 Å². The maximum Gasteiger partial charge on any atom is 0.339 e. The monoisotopic (exact) mass is 390 g/mol. The minimum atomic E-state index is -0.322. The van der Waals surface area contributed by atoms with Gasteiger partial charge in [0.2, 0.25) is 6.73 Å². The summed E-state index contributed by atoms with van der Waals surface area (Å²) in [5, 5.41) is 2.13. The first-order valence-corrected chi connectivity index (χ1v) is 9.16. The van der Waals surface area contributed by atoms with Crippen molar-refractivity contribution < 1.29 is 14.1 Å². The van der Waals surface area contributed by atoms with Crippen molar-refractivity contribution in [1.82, 2.24) is 0 Å². The molecule has 0 aliphatic carbocycles. The molecule has 26 heavy (non-hydrogen) atoms. The van der Waals surface area contributed by atoms with Gasteiger partial charge < -0.3 is 9.15 Å². The predicted molar refractivity (Wildman–Crippen MR) is 102 cm³/mol. The van der Waals surface area contributed by atoms with Crippen molar-refractivity contribution in [2.24, 2.45) is 0 Å². The zero-order chi connectivity index (χ0) is 18.4. The zero-order valence-corrected chi connectivity index (χ0v) is 16.0. The normalized spacial score (nSPS) is 16.4. The van der Waals surface area contributed by atoms with Gasteiger partial charge in [-0.05, 0) is 31.5 Å². The van der Waals surface area contributed by atoms with Gasteiger partial charge in [0.15, 0.2) is 11.3 Å². The minimum absolute atomic E-state index is 0.322. The van der Waals surface area contributed by atoms with Crippen LogP contribution in [0.4, 0.5) is 0 Å². The molecule has 0 bridgehead atoms. The second-order valence-electron chi connectivity index (χ2n) is 6.67. The van der Waals surface area contributed by atoms with E-state index in [1.165, 1.54) is 0 Å². The Morgan fingerprint density at radius 3 is 2.65 bits per heavy atom. The molecule has 0 radical (unpaired) electrons. The van der Waals surface area contributed by atoms with E-state index in [-0.39, 0.29) is 5.63 Å². The molecular formula is C20H18Cl2NO3+. The van der Waals surface area contributed by atoms with Crippen LogP contribution < -0.4 is 15.3 Å². The van der Waals surface area contributed by atoms with Crippen molar-refractivity contribution in [2.45, 2.75) is 26.9 Å². The Kier molecular flexibility index (Phi) is 4.43. The van der Waals surface area contributed by atoms with Gasteiger partial charge in [0, 0.05) is 21.5 Å². The van der Waals surface area contributed by atoms with Crippen LogP contribution in [0.1, 0.15) is 22.3 Å². The highest BCUT2D eigenvalue weighted by Gasteiger charge is 2.28. The molecule has 4 nitrogen and oxygen atoms in total. The topological polar surface area (TPSA) is 43.9 Å². The van der Waals surface area contributed by atoms with Gasteiger partial charge >= 0.3 is 5.63 Å². The Morgan fingerprint density at radius 1 is 1.12 bits per heavy atom. The van der Waals surface area contributed by atoms with Crippen LogP contribution in [0, 0.1) is 13.8 Å². The summed E-state index contributed by atoms with van der Waals surface area (Å²) in [4.78, 5) is 13.3. The number of ether oxygens (including phenoxy) is 1. The van der Waals surface area contributed by atoms with Gasteiger partial charge in [0.05, 0.1) is 10.6 Å². The van der Waals surface area contributed by atoms with Gasteiger partial charge in [0.25, 0.3) is 0 Å². The van der Waals surface area contributed by atoms with Gasteiger partial charge in [-0.15, -0.1) is 0 Å². The summed E-state index contributed by atoms with van der Waals surface area (Å²) in [6.07, 6.45) is 0. The maximum absolute atomic E-state index is 12.2. The van der Waals surface area contributed by atoms with E-state index in [9.17, 15) is 4.79 Å². The summed E-state index contributed by atoms with van der Waals surface area (Å²) >= 11 is 12.7. The van der Waals surface area contributed by atoms with Gasteiger partial charge in [-0.2, -0.15) is 0 Å². The van der Waals surface area contributed by atoms with E-state index in [2.05, 4.69) is 0 Å². The highest BCUT2D eigenvalue weighted by atomic mass is 35.5. The van der Waals surface area contributed by atoms with Crippen LogP contribution in [0.15, 0.2) is 39.5 Å². The fourth-order valence-corrected chi connectivity index (χ4v) is 3.88. The van der Waals surface area contributed by atoms with Crippen LogP contribution in [0.25, 0.3) is 11.0 Å². The second-order valence-corrected chi connectivity index (χ2v) is 7.48. The van der Waals surface area contributed by atoms with Crippen molar-refractivity contribution in [3.8, 4) is 5.75 Å². The van der Waals surface area contributed by atoms with Crippen molar-refractivity contribution >= 4 is 34.2 Å². The van der Waals surface area contributed by atoms with Crippen LogP contribution in [0.3, 0.4) is 0 Å². The molecule has 1 N–H and O–H groups in total. The lowest BCUT2D eigenvalue weighted by atomic mass is 10.0. The number of rotatable bonds is 2. The summed E-state index contributed by atoms with van der Waals surface area (Å²) in [7, 11) is 0. The number of benzene rings is 2. The molecule has 2 heterocycles. The third-order valence-electron chi connectivity index (χ3n) is 4.99. The number of quaternary nitrogens is 1. The first-order valence-electron chi connectivity index (χ1n) is 8.41. The maximum atomic E-state index is 12.2. The number of nitrogens with one attached hydrogen (secondary N) is 1. The molecule has 1 aromatic heterocycles. The Bertz CT molecular complexity index is 1070. The van der Waals surface area contributed by atoms with Crippen LogP contribution in [-0.4, -0.2) is 6.73 Å². The van der Waals surface area contributed by atoms with Gasteiger partial charge in [-0.1, -0.05) is 41.4 Å². The largest absolute Gasteiger partial charge is 0.443 e. The van der Waals surface area contributed by atoms with E-state index in [0.717, 1.165) is 32.0 Å². The molecule has 3 aromatic rings. The third kappa shape index (κ3) is 2.88. The number of fused-ring (bicyclic) bond motifs is 3. The van der Waals surface area contributed by atoms with E-state index in [4.69, 9.17) is 32.4 Å². The lowest BCUT2D eigenvalue weighted by Crippen LogP contribution is -3.10. The average molecular weight is 391 g/mol. The molecule has 0 fully saturated rings. The van der Waals surface area contributed by atoms with Crippen LogP contribution >= 0.6 is 23.2 Å². The molecule has 0 saturated carbocycles. The molecule has 1 aliphatic rings. The zero-order valence-electron chi connectivity index (χ0n) is 14.5. The molecule has 4 rings (SSSR count). The minimum Gasteiger partial charge on any atom is -0.443 e. The molecule has 2 aromatic carbocycles. The number of halogens is 2. The Hall–Kier alpha value is -2.01. The van der Waals surface area contributed by atoms with E-state index in [1.807, 2.05) is 37.3 Å². The third-order valence-corrected chi connectivity index (χ3v) is 5.64. The number of hydrogen-bond acceptors (Lipinski definition) is 3. The van der Waals surface area contributed by atoms with E-state index in [0.29, 0.717) is 41.7 Å². The van der Waals surface area contributed by atoms with Crippen LogP contribution in [0.5, 0.6) is 5.75 Å². The van der Waals surface area contributed by atoms with Gasteiger partial charge in [-0.3, -0.25) is 4.90 Å². The molecule has 6 heteroatoms. The lowest BCUT2D eigenvalue weighted by molar-refractivity contribution is -0.945. The summed E-state index contributed by atoms with van der Waals surface area (Å²) in [6, 6.07) is 9.59. The SMILES string of the molecule is Cc1c(C)c2cc(Cl)c3c(c2oc1=O)C[NH+](Cc1ccccc1Cl)CO3. The summed E-state index contributed by atoms with van der Waals surface area (Å²) < 4.78 is 11.5. The Balaban J connectivity index is 1.79. The molecule has 1 aliphatic heterocycles. The predicted octanol–water partition coefficient (Wildman–Crippen LogP) is 3.65. The highest BCUT2D eigenvalue weighted by molar-refractivity contribution is 6.33. The van der Waals surface area contributed by atoms with Crippen molar-refractivity contribution in [1.29, 1.82) is 0 Å². The highest BCUT2D eigenvalue weighted by Crippen LogP contribution is 2.37. The summed E-state index contributed by atoms with van der Waals surface area (Å²) in [5.74, 6) is 0.605. The van der Waals surface area contributed by atoms with Crippen molar-refractivity contribution in [3.63, 3.8) is 0 Å². The molecule has 0 amide bonds. The van der Waals surface area contributed by atoms with E-state index in [1.54, 1.807) is 6.92 Å². The standard InChI is InChI=1S/C20H17Cl2NO3/c1-11-12(2)20(24)26-18-14(11)7-17(22)19-15(18)9-23(10-25-19)8-13-5-3-4-6-16(13)21/h3-7H,8-10H2,1-2H3/p+1. The van der Waals surface area contributed by atoms with Gasteiger partial charge in [0.1, 0.15) is 13.1 Å².